The Morgan fingerprint density at radius 2 is 1.68 bits per heavy atom. The highest BCUT2D eigenvalue weighted by Crippen LogP contribution is 2.27. The number of carbonyl (C=O) groups excluding carboxylic acids is 2. The molecule has 0 bridgehead atoms. The molecule has 0 fully saturated rings. The van der Waals surface area contributed by atoms with Crippen molar-refractivity contribution in [3.05, 3.63) is 94.3 Å². The van der Waals surface area contributed by atoms with Crippen molar-refractivity contribution < 1.29 is 19.1 Å². The van der Waals surface area contributed by atoms with E-state index < -0.39 is 0 Å². The van der Waals surface area contributed by atoms with Crippen LogP contribution in [0.2, 0.25) is 0 Å². The Hall–Kier alpha value is -4.11. The number of Topliss-reactive ketones (excluding diaryl/α,β-unsaturated/α-hetero) is 1. The quantitative estimate of drug-likeness (QED) is 0.167. The van der Waals surface area contributed by atoms with Gasteiger partial charge in [0.15, 0.2) is 22.4 Å². The molecule has 0 saturated heterocycles. The second-order valence-corrected chi connectivity index (χ2v) is 9.43. The van der Waals surface area contributed by atoms with Crippen LogP contribution in [0.15, 0.2) is 82.7 Å². The molecule has 8 nitrogen and oxygen atoms in total. The number of ether oxygens (including phenoxy) is 2. The summed E-state index contributed by atoms with van der Waals surface area (Å²) in [6, 6.07) is 21.7. The molecule has 0 saturated carbocycles. The van der Waals surface area contributed by atoms with Gasteiger partial charge < -0.3 is 14.8 Å². The average molecular weight is 532 g/mol. The smallest absolute Gasteiger partial charge is 0.262 e. The van der Waals surface area contributed by atoms with Crippen LogP contribution in [0.25, 0.3) is 10.9 Å². The third-order valence-electron chi connectivity index (χ3n) is 6.00. The number of aromatic nitrogens is 2. The van der Waals surface area contributed by atoms with Gasteiger partial charge >= 0.3 is 0 Å². The highest BCUT2D eigenvalue weighted by Gasteiger charge is 2.15. The fraction of sp³-hybridized carbons (Fsp3) is 0.241. The Balaban J connectivity index is 1.41. The Morgan fingerprint density at radius 1 is 0.947 bits per heavy atom. The number of hydrogen-bond donors (Lipinski definition) is 1. The van der Waals surface area contributed by atoms with Gasteiger partial charge in [0.2, 0.25) is 5.91 Å². The first kappa shape index (κ1) is 26.9. The zero-order valence-corrected chi connectivity index (χ0v) is 22.1. The first-order valence-corrected chi connectivity index (χ1v) is 13.2. The standard InChI is InChI=1S/C29H29N3O5S/c1-36-25-13-12-20(18-26(25)37-2)14-16-30-27(34)15-17-32-28(35)22-10-6-7-11-23(22)31-29(32)38-19-24(33)21-8-4-3-5-9-21/h3-13,18H,14-17,19H2,1-2H3,(H,30,34). The van der Waals surface area contributed by atoms with E-state index in [9.17, 15) is 14.4 Å². The molecule has 0 unspecified atom stereocenters. The molecule has 3 aromatic carbocycles. The van der Waals surface area contributed by atoms with Gasteiger partial charge in [-0.1, -0.05) is 60.3 Å². The van der Waals surface area contributed by atoms with Gasteiger partial charge in [-0.15, -0.1) is 0 Å². The zero-order chi connectivity index (χ0) is 26.9. The van der Waals surface area contributed by atoms with E-state index in [1.54, 1.807) is 44.6 Å². The lowest BCUT2D eigenvalue weighted by Crippen LogP contribution is -2.30. The Bertz CT molecular complexity index is 1490. The van der Waals surface area contributed by atoms with Crippen molar-refractivity contribution in [1.82, 2.24) is 14.9 Å². The van der Waals surface area contributed by atoms with Crippen LogP contribution in [0.1, 0.15) is 22.3 Å². The maximum Gasteiger partial charge on any atom is 0.262 e. The topological polar surface area (TPSA) is 99.5 Å². The number of rotatable bonds is 12. The number of ketones is 1. The van der Waals surface area contributed by atoms with Crippen LogP contribution in [0.5, 0.6) is 11.5 Å². The molecule has 4 rings (SSSR count). The number of amides is 1. The van der Waals surface area contributed by atoms with Gasteiger partial charge in [0.25, 0.3) is 5.56 Å². The van der Waals surface area contributed by atoms with Crippen LogP contribution < -0.4 is 20.3 Å². The third-order valence-corrected chi connectivity index (χ3v) is 6.98. The van der Waals surface area contributed by atoms with Crippen molar-refractivity contribution in [3.8, 4) is 11.5 Å². The number of nitrogens with one attached hydrogen (secondary N) is 1. The number of nitrogens with zero attached hydrogens (tertiary/aromatic N) is 2. The number of para-hydroxylation sites is 1. The van der Waals surface area contributed by atoms with E-state index in [-0.39, 0.29) is 36.0 Å². The molecule has 0 aliphatic carbocycles. The fourth-order valence-corrected chi connectivity index (χ4v) is 4.90. The molecule has 0 spiro atoms. The predicted molar refractivity (Wildman–Crippen MR) is 148 cm³/mol. The second kappa shape index (κ2) is 12.9. The summed E-state index contributed by atoms with van der Waals surface area (Å²) in [4.78, 5) is 43.1. The highest BCUT2D eigenvalue weighted by atomic mass is 32.2. The van der Waals surface area contributed by atoms with Crippen molar-refractivity contribution in [1.29, 1.82) is 0 Å². The molecule has 0 aliphatic rings. The van der Waals surface area contributed by atoms with Crippen molar-refractivity contribution >= 4 is 34.4 Å². The van der Waals surface area contributed by atoms with E-state index in [2.05, 4.69) is 10.3 Å². The second-order valence-electron chi connectivity index (χ2n) is 8.49. The van der Waals surface area contributed by atoms with Crippen molar-refractivity contribution in [3.63, 3.8) is 0 Å². The molecule has 1 aromatic heterocycles. The first-order chi connectivity index (χ1) is 18.5. The lowest BCUT2D eigenvalue weighted by Gasteiger charge is -2.13. The highest BCUT2D eigenvalue weighted by molar-refractivity contribution is 7.99. The minimum Gasteiger partial charge on any atom is -0.493 e. The Labute approximate surface area is 225 Å². The Kier molecular flexibility index (Phi) is 9.16. The van der Waals surface area contributed by atoms with Crippen LogP contribution in [0.4, 0.5) is 0 Å². The van der Waals surface area contributed by atoms with Crippen LogP contribution in [0.3, 0.4) is 0 Å². The maximum atomic E-state index is 13.3. The minimum atomic E-state index is -0.233. The van der Waals surface area contributed by atoms with Gasteiger partial charge in [0.1, 0.15) is 0 Å². The number of carbonyl (C=O) groups is 2. The molecular weight excluding hydrogens is 502 g/mol. The molecule has 0 aliphatic heterocycles. The van der Waals surface area contributed by atoms with Crippen LogP contribution >= 0.6 is 11.8 Å². The fourth-order valence-electron chi connectivity index (χ4n) is 3.98. The predicted octanol–water partition coefficient (Wildman–Crippen LogP) is 4.14. The number of fused-ring (bicyclic) bond motifs is 1. The van der Waals surface area contributed by atoms with Gasteiger partial charge in [-0.3, -0.25) is 19.0 Å². The minimum absolute atomic E-state index is 0.0579. The normalized spacial score (nSPS) is 10.8. The first-order valence-electron chi connectivity index (χ1n) is 12.2. The van der Waals surface area contributed by atoms with E-state index in [1.165, 1.54) is 16.3 Å². The molecule has 0 radical (unpaired) electrons. The van der Waals surface area contributed by atoms with Crippen molar-refractivity contribution in [2.24, 2.45) is 0 Å². The van der Waals surface area contributed by atoms with Gasteiger partial charge in [0, 0.05) is 25.1 Å². The van der Waals surface area contributed by atoms with Gasteiger partial charge in [-0.2, -0.15) is 0 Å². The van der Waals surface area contributed by atoms with Crippen LogP contribution in [-0.2, 0) is 17.8 Å². The molecule has 1 N–H and O–H groups in total. The van der Waals surface area contributed by atoms with Gasteiger partial charge in [0.05, 0.1) is 30.9 Å². The molecule has 4 aromatic rings. The lowest BCUT2D eigenvalue weighted by atomic mass is 10.1. The summed E-state index contributed by atoms with van der Waals surface area (Å²) in [6.45, 7) is 0.590. The van der Waals surface area contributed by atoms with Gasteiger partial charge in [-0.25, -0.2) is 4.98 Å². The molecule has 196 valence electrons. The largest absolute Gasteiger partial charge is 0.493 e. The summed E-state index contributed by atoms with van der Waals surface area (Å²) in [7, 11) is 3.16. The summed E-state index contributed by atoms with van der Waals surface area (Å²) < 4.78 is 12.1. The summed E-state index contributed by atoms with van der Waals surface area (Å²) in [5.74, 6) is 1.18. The SMILES string of the molecule is COc1ccc(CCNC(=O)CCn2c(SCC(=O)c3ccccc3)nc3ccccc3c2=O)cc1OC. The molecule has 0 atom stereocenters. The monoisotopic (exact) mass is 531 g/mol. The maximum absolute atomic E-state index is 13.3. The van der Waals surface area contributed by atoms with E-state index in [4.69, 9.17) is 9.47 Å². The lowest BCUT2D eigenvalue weighted by molar-refractivity contribution is -0.121. The zero-order valence-electron chi connectivity index (χ0n) is 21.3. The summed E-state index contributed by atoms with van der Waals surface area (Å²) in [6.07, 6.45) is 0.721. The molecule has 9 heteroatoms. The summed E-state index contributed by atoms with van der Waals surface area (Å²) in [5, 5.41) is 3.79. The molecule has 38 heavy (non-hydrogen) atoms. The van der Waals surface area contributed by atoms with E-state index in [1.807, 2.05) is 42.5 Å². The third kappa shape index (κ3) is 6.60. The van der Waals surface area contributed by atoms with Crippen LogP contribution in [-0.4, -0.2) is 47.8 Å². The van der Waals surface area contributed by atoms with Crippen molar-refractivity contribution in [2.75, 3.05) is 26.5 Å². The number of methoxy groups -OCH3 is 2. The van der Waals surface area contributed by atoms with Crippen LogP contribution in [0, 0.1) is 0 Å². The number of hydrogen-bond acceptors (Lipinski definition) is 7. The molecule has 1 heterocycles. The average Bonchev–Trinajstić information content (AvgIpc) is 2.95. The molecular formula is C29H29N3O5S. The van der Waals surface area contributed by atoms with Gasteiger partial charge in [-0.05, 0) is 36.2 Å². The number of benzene rings is 3. The van der Waals surface area contributed by atoms with E-state index in [0.717, 1.165) is 5.56 Å². The summed E-state index contributed by atoms with van der Waals surface area (Å²) >= 11 is 1.20. The molecule has 1 amide bonds. The Morgan fingerprint density at radius 3 is 2.45 bits per heavy atom. The summed E-state index contributed by atoms with van der Waals surface area (Å²) in [5.41, 5.74) is 1.93. The number of thioether (sulfide) groups is 1. The van der Waals surface area contributed by atoms with Crippen molar-refractivity contribution in [2.45, 2.75) is 24.5 Å². The van der Waals surface area contributed by atoms with E-state index in [0.29, 0.717) is 46.1 Å². The van der Waals surface area contributed by atoms with E-state index >= 15 is 0 Å².